The first-order chi connectivity index (χ1) is 9.13. The fraction of sp³-hybridized carbons (Fsp3) is 0.438. The Balaban J connectivity index is 1.90. The molecular weight excluding hydrogens is 236 g/mol. The van der Waals surface area contributed by atoms with Gasteiger partial charge in [-0.15, -0.1) is 0 Å². The van der Waals surface area contributed by atoms with Crippen LogP contribution in [0.3, 0.4) is 0 Å². The van der Waals surface area contributed by atoms with Crippen LogP contribution in [0.2, 0.25) is 0 Å². The highest BCUT2D eigenvalue weighted by molar-refractivity contribution is 5.21. The first-order valence-electron chi connectivity index (χ1n) is 6.81. The summed E-state index contributed by atoms with van der Waals surface area (Å²) in [5.41, 5.74) is 2.63. The Labute approximate surface area is 115 Å². The highest BCUT2D eigenvalue weighted by Crippen LogP contribution is 2.03. The van der Waals surface area contributed by atoms with Gasteiger partial charge in [0.1, 0.15) is 18.9 Å². The summed E-state index contributed by atoms with van der Waals surface area (Å²) in [6, 6.07) is 8.61. The molecule has 0 bridgehead atoms. The average molecular weight is 259 g/mol. The van der Waals surface area contributed by atoms with Gasteiger partial charge in [-0.3, -0.25) is 0 Å². The highest BCUT2D eigenvalue weighted by atomic mass is 16.5. The molecule has 0 fully saturated rings. The summed E-state index contributed by atoms with van der Waals surface area (Å²) in [7, 11) is 0. The molecule has 1 aromatic heterocycles. The SMILES string of the molecule is Cc1cccc(C[n+]2ccn(COCC(C)C)c2)c1. The van der Waals surface area contributed by atoms with E-state index in [0.717, 1.165) is 13.2 Å². The van der Waals surface area contributed by atoms with Gasteiger partial charge in [-0.05, 0) is 18.4 Å². The van der Waals surface area contributed by atoms with Crippen LogP contribution < -0.4 is 4.57 Å². The van der Waals surface area contributed by atoms with Gasteiger partial charge in [0, 0.05) is 0 Å². The number of ether oxygens (including phenoxy) is 1. The van der Waals surface area contributed by atoms with Gasteiger partial charge >= 0.3 is 0 Å². The smallest absolute Gasteiger partial charge is 0.245 e. The van der Waals surface area contributed by atoms with Crippen molar-refractivity contribution in [3.05, 3.63) is 54.1 Å². The molecule has 0 radical (unpaired) electrons. The molecule has 3 heteroatoms. The van der Waals surface area contributed by atoms with Crippen LogP contribution in [-0.4, -0.2) is 11.2 Å². The number of rotatable bonds is 6. The Kier molecular flexibility index (Phi) is 4.74. The van der Waals surface area contributed by atoms with Gasteiger partial charge in [0.15, 0.2) is 6.73 Å². The molecule has 0 unspecified atom stereocenters. The predicted molar refractivity (Wildman–Crippen MR) is 75.7 cm³/mol. The maximum absolute atomic E-state index is 5.61. The molecule has 0 aliphatic heterocycles. The minimum atomic E-state index is 0.579. The minimum absolute atomic E-state index is 0.579. The van der Waals surface area contributed by atoms with Gasteiger partial charge in [-0.2, -0.15) is 0 Å². The Morgan fingerprint density at radius 1 is 1.32 bits per heavy atom. The van der Waals surface area contributed by atoms with Crippen molar-refractivity contribution in [1.29, 1.82) is 0 Å². The standard InChI is InChI=1S/C16H23N2O/c1-14(2)11-19-13-18-8-7-17(12-18)10-16-6-4-5-15(3)9-16/h4-9,12,14H,10-11,13H2,1-3H3/q+1. The molecule has 0 aliphatic carbocycles. The van der Waals surface area contributed by atoms with E-state index in [2.05, 4.69) is 72.9 Å². The van der Waals surface area contributed by atoms with Crippen molar-refractivity contribution < 1.29 is 9.30 Å². The Morgan fingerprint density at radius 2 is 2.16 bits per heavy atom. The number of hydrogen-bond donors (Lipinski definition) is 0. The number of aromatic nitrogens is 2. The van der Waals surface area contributed by atoms with Gasteiger partial charge in [-0.1, -0.05) is 43.7 Å². The molecule has 0 saturated carbocycles. The van der Waals surface area contributed by atoms with Crippen molar-refractivity contribution in [1.82, 2.24) is 4.57 Å². The quantitative estimate of drug-likeness (QED) is 0.730. The molecule has 0 saturated heterocycles. The molecule has 102 valence electrons. The molecule has 0 atom stereocenters. The van der Waals surface area contributed by atoms with E-state index in [0.29, 0.717) is 12.6 Å². The van der Waals surface area contributed by atoms with Crippen LogP contribution in [0.5, 0.6) is 0 Å². The van der Waals surface area contributed by atoms with E-state index in [1.54, 1.807) is 0 Å². The third-order valence-corrected chi connectivity index (χ3v) is 2.89. The molecule has 0 aliphatic rings. The lowest BCUT2D eigenvalue weighted by Crippen LogP contribution is -2.31. The van der Waals surface area contributed by atoms with Gasteiger partial charge < -0.3 is 4.74 Å². The summed E-state index contributed by atoms with van der Waals surface area (Å²) in [5.74, 6) is 0.579. The third-order valence-electron chi connectivity index (χ3n) is 2.89. The van der Waals surface area contributed by atoms with E-state index in [9.17, 15) is 0 Å². The van der Waals surface area contributed by atoms with Crippen molar-refractivity contribution >= 4 is 0 Å². The second kappa shape index (κ2) is 6.53. The van der Waals surface area contributed by atoms with Crippen LogP contribution in [0, 0.1) is 12.8 Å². The van der Waals surface area contributed by atoms with E-state index in [-0.39, 0.29) is 0 Å². The van der Waals surface area contributed by atoms with Crippen LogP contribution in [0.1, 0.15) is 25.0 Å². The Morgan fingerprint density at radius 3 is 2.89 bits per heavy atom. The molecule has 0 spiro atoms. The van der Waals surface area contributed by atoms with E-state index in [4.69, 9.17) is 4.74 Å². The maximum Gasteiger partial charge on any atom is 0.245 e. The predicted octanol–water partition coefficient (Wildman–Crippen LogP) is 2.76. The molecule has 1 aromatic carbocycles. The number of nitrogens with zero attached hydrogens (tertiary/aromatic N) is 2. The molecule has 3 nitrogen and oxygen atoms in total. The lowest BCUT2D eigenvalue weighted by molar-refractivity contribution is -0.688. The van der Waals surface area contributed by atoms with Crippen LogP contribution in [-0.2, 0) is 18.0 Å². The second-order valence-electron chi connectivity index (χ2n) is 5.48. The second-order valence-corrected chi connectivity index (χ2v) is 5.48. The third kappa shape index (κ3) is 4.52. The average Bonchev–Trinajstić information content (AvgIpc) is 2.76. The van der Waals surface area contributed by atoms with Crippen molar-refractivity contribution in [3.63, 3.8) is 0 Å². The zero-order chi connectivity index (χ0) is 13.7. The fourth-order valence-electron chi connectivity index (χ4n) is 2.02. The molecule has 0 amide bonds. The molecule has 2 rings (SSSR count). The van der Waals surface area contributed by atoms with Gasteiger partial charge in [0.2, 0.25) is 6.33 Å². The minimum Gasteiger partial charge on any atom is -0.341 e. The Hall–Kier alpha value is -1.61. The fourth-order valence-corrected chi connectivity index (χ4v) is 2.02. The molecular formula is C16H23N2O+. The summed E-state index contributed by atoms with van der Waals surface area (Å²) >= 11 is 0. The number of aryl methyl sites for hydroxylation is 1. The zero-order valence-electron chi connectivity index (χ0n) is 12.0. The zero-order valence-corrected chi connectivity index (χ0v) is 12.0. The van der Waals surface area contributed by atoms with Crippen molar-refractivity contribution in [2.45, 2.75) is 34.0 Å². The first kappa shape index (κ1) is 13.8. The molecule has 0 N–H and O–H groups in total. The van der Waals surface area contributed by atoms with Crippen LogP contribution in [0.25, 0.3) is 0 Å². The topological polar surface area (TPSA) is 18.0 Å². The monoisotopic (exact) mass is 259 g/mol. The first-order valence-corrected chi connectivity index (χ1v) is 6.81. The van der Waals surface area contributed by atoms with E-state index >= 15 is 0 Å². The molecule has 19 heavy (non-hydrogen) atoms. The van der Waals surface area contributed by atoms with Gasteiger partial charge in [0.05, 0.1) is 6.61 Å². The van der Waals surface area contributed by atoms with E-state index < -0.39 is 0 Å². The summed E-state index contributed by atoms with van der Waals surface area (Å²) in [4.78, 5) is 0. The van der Waals surface area contributed by atoms with Crippen LogP contribution >= 0.6 is 0 Å². The van der Waals surface area contributed by atoms with E-state index in [1.165, 1.54) is 11.1 Å². The van der Waals surface area contributed by atoms with Gasteiger partial charge in [0.25, 0.3) is 0 Å². The lowest BCUT2D eigenvalue weighted by Gasteiger charge is -2.03. The van der Waals surface area contributed by atoms with Crippen molar-refractivity contribution in [2.24, 2.45) is 5.92 Å². The van der Waals surface area contributed by atoms with Crippen molar-refractivity contribution in [3.8, 4) is 0 Å². The summed E-state index contributed by atoms with van der Waals surface area (Å²) in [6.45, 7) is 8.77. The number of hydrogen-bond acceptors (Lipinski definition) is 1. The van der Waals surface area contributed by atoms with Crippen LogP contribution in [0.4, 0.5) is 0 Å². The van der Waals surface area contributed by atoms with E-state index in [1.807, 2.05) is 0 Å². The highest BCUT2D eigenvalue weighted by Gasteiger charge is 2.05. The summed E-state index contributed by atoms with van der Waals surface area (Å²) < 4.78 is 9.86. The number of imidazole rings is 1. The van der Waals surface area contributed by atoms with Gasteiger partial charge in [-0.25, -0.2) is 9.13 Å². The normalized spacial score (nSPS) is 11.2. The Bertz CT molecular complexity index is 517. The van der Waals surface area contributed by atoms with Crippen LogP contribution in [0.15, 0.2) is 43.0 Å². The maximum atomic E-state index is 5.61. The summed E-state index contributed by atoms with van der Waals surface area (Å²) in [5, 5.41) is 0. The molecule has 2 aromatic rings. The number of benzene rings is 1. The summed E-state index contributed by atoms with van der Waals surface area (Å²) in [6.07, 6.45) is 6.22. The van der Waals surface area contributed by atoms with Crippen molar-refractivity contribution in [2.75, 3.05) is 6.61 Å². The lowest BCUT2D eigenvalue weighted by atomic mass is 10.1. The molecule has 1 heterocycles. The largest absolute Gasteiger partial charge is 0.341 e.